The summed E-state index contributed by atoms with van der Waals surface area (Å²) in [6.45, 7) is 6.02. The highest BCUT2D eigenvalue weighted by Gasteiger charge is 2.14. The van der Waals surface area contributed by atoms with Crippen LogP contribution in [0.3, 0.4) is 0 Å². The van der Waals surface area contributed by atoms with Gasteiger partial charge in [0.15, 0.2) is 0 Å². The molecule has 1 aliphatic rings. The molecule has 0 radical (unpaired) electrons. The second kappa shape index (κ2) is 5.32. The highest BCUT2D eigenvalue weighted by atomic mass is 16.1. The van der Waals surface area contributed by atoms with Gasteiger partial charge in [0.25, 0.3) is 0 Å². The highest BCUT2D eigenvalue weighted by molar-refractivity contribution is 5.91. The van der Waals surface area contributed by atoms with Gasteiger partial charge in [0, 0.05) is 18.7 Å². The van der Waals surface area contributed by atoms with Crippen LogP contribution in [0.5, 0.6) is 0 Å². The Labute approximate surface area is 103 Å². The number of nitrogens with one attached hydrogen (secondary N) is 2. The normalized spacial score (nSPS) is 14.5. The molecule has 1 heterocycles. The number of benzene rings is 1. The van der Waals surface area contributed by atoms with E-state index in [0.717, 1.165) is 25.2 Å². The SMILES string of the molecule is CC(C)CC(=O)Nc1cccc2c1CCNC2. The minimum Gasteiger partial charge on any atom is -0.326 e. The van der Waals surface area contributed by atoms with Crippen molar-refractivity contribution in [1.82, 2.24) is 5.32 Å². The molecule has 0 aliphatic carbocycles. The summed E-state index contributed by atoms with van der Waals surface area (Å²) in [7, 11) is 0. The monoisotopic (exact) mass is 232 g/mol. The summed E-state index contributed by atoms with van der Waals surface area (Å²) in [5.41, 5.74) is 3.59. The lowest BCUT2D eigenvalue weighted by molar-refractivity contribution is -0.116. The number of fused-ring (bicyclic) bond motifs is 1. The molecule has 0 unspecified atom stereocenters. The molecule has 0 atom stereocenters. The van der Waals surface area contributed by atoms with Gasteiger partial charge in [-0.15, -0.1) is 0 Å². The first kappa shape index (κ1) is 12.1. The summed E-state index contributed by atoms with van der Waals surface area (Å²) < 4.78 is 0. The first-order valence-corrected chi connectivity index (χ1v) is 6.28. The summed E-state index contributed by atoms with van der Waals surface area (Å²) in [5, 5.41) is 6.38. The third-order valence-electron chi connectivity index (χ3n) is 3.01. The van der Waals surface area contributed by atoms with Crippen LogP contribution < -0.4 is 10.6 Å². The molecule has 3 nitrogen and oxygen atoms in total. The third kappa shape index (κ3) is 3.07. The maximum absolute atomic E-state index is 11.8. The van der Waals surface area contributed by atoms with Crippen molar-refractivity contribution in [3.05, 3.63) is 29.3 Å². The predicted molar refractivity (Wildman–Crippen MR) is 69.9 cm³/mol. The van der Waals surface area contributed by atoms with E-state index in [-0.39, 0.29) is 5.91 Å². The molecular formula is C14H20N2O. The summed E-state index contributed by atoms with van der Waals surface area (Å²) in [4.78, 5) is 11.8. The van der Waals surface area contributed by atoms with E-state index in [1.54, 1.807) is 0 Å². The number of carbonyl (C=O) groups is 1. The average molecular weight is 232 g/mol. The zero-order chi connectivity index (χ0) is 12.3. The number of anilines is 1. The van der Waals surface area contributed by atoms with E-state index >= 15 is 0 Å². The van der Waals surface area contributed by atoms with E-state index in [1.807, 2.05) is 12.1 Å². The van der Waals surface area contributed by atoms with Gasteiger partial charge in [0.2, 0.25) is 5.91 Å². The van der Waals surface area contributed by atoms with Gasteiger partial charge in [-0.3, -0.25) is 4.79 Å². The topological polar surface area (TPSA) is 41.1 Å². The van der Waals surface area contributed by atoms with Crippen LogP contribution in [-0.4, -0.2) is 12.5 Å². The molecular weight excluding hydrogens is 212 g/mol. The molecule has 1 aliphatic heterocycles. The van der Waals surface area contributed by atoms with Gasteiger partial charge >= 0.3 is 0 Å². The lowest BCUT2D eigenvalue weighted by atomic mass is 9.99. The van der Waals surface area contributed by atoms with Crippen LogP contribution >= 0.6 is 0 Å². The molecule has 0 aromatic heterocycles. The molecule has 17 heavy (non-hydrogen) atoms. The van der Waals surface area contributed by atoms with Crippen molar-refractivity contribution < 1.29 is 4.79 Å². The molecule has 2 N–H and O–H groups in total. The summed E-state index contributed by atoms with van der Waals surface area (Å²) in [6, 6.07) is 6.14. The van der Waals surface area contributed by atoms with E-state index in [4.69, 9.17) is 0 Å². The van der Waals surface area contributed by atoms with Crippen LogP contribution in [0.1, 0.15) is 31.4 Å². The zero-order valence-electron chi connectivity index (χ0n) is 10.5. The van der Waals surface area contributed by atoms with E-state index in [1.165, 1.54) is 11.1 Å². The number of hydrogen-bond acceptors (Lipinski definition) is 2. The van der Waals surface area contributed by atoms with Crippen molar-refractivity contribution in [2.24, 2.45) is 5.92 Å². The van der Waals surface area contributed by atoms with E-state index in [0.29, 0.717) is 12.3 Å². The van der Waals surface area contributed by atoms with Crippen molar-refractivity contribution in [1.29, 1.82) is 0 Å². The molecule has 3 heteroatoms. The molecule has 1 aromatic carbocycles. The average Bonchev–Trinajstić information content (AvgIpc) is 2.28. The van der Waals surface area contributed by atoms with Gasteiger partial charge in [0.1, 0.15) is 0 Å². The van der Waals surface area contributed by atoms with Gasteiger partial charge in [-0.2, -0.15) is 0 Å². The predicted octanol–water partition coefficient (Wildman–Crippen LogP) is 2.32. The van der Waals surface area contributed by atoms with Crippen molar-refractivity contribution in [2.45, 2.75) is 33.2 Å². The molecule has 0 saturated carbocycles. The maximum atomic E-state index is 11.8. The summed E-state index contributed by atoms with van der Waals surface area (Å²) in [5.74, 6) is 0.517. The summed E-state index contributed by atoms with van der Waals surface area (Å²) >= 11 is 0. The second-order valence-electron chi connectivity index (χ2n) is 5.02. The van der Waals surface area contributed by atoms with Crippen molar-refractivity contribution in [3.63, 3.8) is 0 Å². The van der Waals surface area contributed by atoms with Gasteiger partial charge in [-0.05, 0) is 36.1 Å². The Bertz CT molecular complexity index is 413. The minimum absolute atomic E-state index is 0.118. The molecule has 0 bridgehead atoms. The lowest BCUT2D eigenvalue weighted by Crippen LogP contribution is -2.25. The zero-order valence-corrected chi connectivity index (χ0v) is 10.5. The van der Waals surface area contributed by atoms with Gasteiger partial charge < -0.3 is 10.6 Å². The second-order valence-corrected chi connectivity index (χ2v) is 5.02. The highest BCUT2D eigenvalue weighted by Crippen LogP contribution is 2.23. The van der Waals surface area contributed by atoms with E-state index in [2.05, 4.69) is 30.5 Å². The van der Waals surface area contributed by atoms with Crippen LogP contribution in [0.25, 0.3) is 0 Å². The van der Waals surface area contributed by atoms with Crippen LogP contribution in [0, 0.1) is 5.92 Å². The standard InChI is InChI=1S/C14H20N2O/c1-10(2)8-14(17)16-13-5-3-4-11-9-15-7-6-12(11)13/h3-5,10,15H,6-9H2,1-2H3,(H,16,17). The smallest absolute Gasteiger partial charge is 0.224 e. The quantitative estimate of drug-likeness (QED) is 0.839. The van der Waals surface area contributed by atoms with Crippen LogP contribution in [-0.2, 0) is 17.8 Å². The van der Waals surface area contributed by atoms with E-state index < -0.39 is 0 Å². The molecule has 1 amide bonds. The minimum atomic E-state index is 0.118. The van der Waals surface area contributed by atoms with Crippen LogP contribution in [0.4, 0.5) is 5.69 Å². The Hall–Kier alpha value is -1.35. The molecule has 1 aromatic rings. The Morgan fingerprint density at radius 2 is 2.29 bits per heavy atom. The fraction of sp³-hybridized carbons (Fsp3) is 0.500. The molecule has 0 saturated heterocycles. The molecule has 0 spiro atoms. The number of hydrogen-bond donors (Lipinski definition) is 2. The molecule has 2 rings (SSSR count). The maximum Gasteiger partial charge on any atom is 0.224 e. The fourth-order valence-electron chi connectivity index (χ4n) is 2.22. The van der Waals surface area contributed by atoms with Gasteiger partial charge in [-0.1, -0.05) is 26.0 Å². The number of amides is 1. The van der Waals surface area contributed by atoms with Crippen molar-refractivity contribution in [3.8, 4) is 0 Å². The van der Waals surface area contributed by atoms with Crippen LogP contribution in [0.15, 0.2) is 18.2 Å². The first-order valence-electron chi connectivity index (χ1n) is 6.28. The number of rotatable bonds is 3. The Balaban J connectivity index is 2.13. The van der Waals surface area contributed by atoms with Gasteiger partial charge in [-0.25, -0.2) is 0 Å². The van der Waals surface area contributed by atoms with Crippen molar-refractivity contribution >= 4 is 11.6 Å². The van der Waals surface area contributed by atoms with Gasteiger partial charge in [0.05, 0.1) is 0 Å². The third-order valence-corrected chi connectivity index (χ3v) is 3.01. The Morgan fingerprint density at radius 1 is 1.47 bits per heavy atom. The largest absolute Gasteiger partial charge is 0.326 e. The fourth-order valence-corrected chi connectivity index (χ4v) is 2.22. The van der Waals surface area contributed by atoms with E-state index in [9.17, 15) is 4.79 Å². The lowest BCUT2D eigenvalue weighted by Gasteiger charge is -2.20. The summed E-state index contributed by atoms with van der Waals surface area (Å²) in [6.07, 6.45) is 1.58. The molecule has 92 valence electrons. The Kier molecular flexibility index (Phi) is 3.79. The van der Waals surface area contributed by atoms with Crippen LogP contribution in [0.2, 0.25) is 0 Å². The van der Waals surface area contributed by atoms with Crippen molar-refractivity contribution in [2.75, 3.05) is 11.9 Å². The Morgan fingerprint density at radius 3 is 3.06 bits per heavy atom. The number of carbonyl (C=O) groups excluding carboxylic acids is 1. The molecule has 0 fully saturated rings. The first-order chi connectivity index (χ1) is 8.16.